The molecule has 34 heavy (non-hydrogen) atoms. The zero-order valence-corrected chi connectivity index (χ0v) is 20.3. The monoisotopic (exact) mass is 509 g/mol. The highest BCUT2D eigenvalue weighted by atomic mass is 32.1. The van der Waals surface area contributed by atoms with E-state index in [1.807, 2.05) is 6.92 Å². The topological polar surface area (TPSA) is 111 Å². The van der Waals surface area contributed by atoms with E-state index in [1.165, 1.54) is 37.4 Å². The number of hydrogen-bond acceptors (Lipinski definition) is 7. The lowest BCUT2D eigenvalue weighted by atomic mass is 10.2. The van der Waals surface area contributed by atoms with Gasteiger partial charge in [0.05, 0.1) is 13.2 Å². The van der Waals surface area contributed by atoms with Crippen LogP contribution in [0.15, 0.2) is 54.6 Å². The van der Waals surface area contributed by atoms with Crippen molar-refractivity contribution < 1.29 is 37.6 Å². The molecule has 0 radical (unpaired) electrons. The normalized spacial score (nSPS) is 14.8. The molecule has 0 saturated carbocycles. The second-order valence-electron chi connectivity index (χ2n) is 7.35. The molecular weight excluding hydrogens is 484 g/mol. The summed E-state index contributed by atoms with van der Waals surface area (Å²) in [5, 5.41) is 12.2. The quantitative estimate of drug-likeness (QED) is 0.247. The van der Waals surface area contributed by atoms with Gasteiger partial charge in [-0.15, -0.1) is 11.3 Å². The van der Waals surface area contributed by atoms with Crippen molar-refractivity contribution in [2.24, 2.45) is 0 Å². The Kier molecular flexibility index (Phi) is 8.79. The molecule has 8 nitrogen and oxygen atoms in total. The Balaban J connectivity index is 1.98. The van der Waals surface area contributed by atoms with Crippen molar-refractivity contribution in [3.05, 3.63) is 65.0 Å². The standard InChI is InChI=1S/C23H25FNO7PS/c1-3-11-31-23(28)18(14-30-2)25-33(29,32-17-7-5-4-6-8-17)21(24)15-9-10-19-16(12-15)13-20(34-19)22(26)27/h4-10,12-13,18,21H,3,11,14H2,1-2H3,(H,25,29)(H,26,27)/t18-,21+,33?/m0/s1. The van der Waals surface area contributed by atoms with E-state index >= 15 is 4.39 Å². The third-order valence-corrected chi connectivity index (χ3v) is 7.86. The maximum absolute atomic E-state index is 15.9. The number of esters is 1. The average molecular weight is 509 g/mol. The van der Waals surface area contributed by atoms with Gasteiger partial charge in [-0.3, -0.25) is 9.36 Å². The number of methoxy groups -OCH3 is 1. The highest BCUT2D eigenvalue weighted by Crippen LogP contribution is 2.58. The minimum Gasteiger partial charge on any atom is -0.477 e. The smallest absolute Gasteiger partial charge is 0.355 e. The second kappa shape index (κ2) is 11.6. The number of aromatic carboxylic acids is 1. The molecule has 11 heteroatoms. The number of halogens is 1. The van der Waals surface area contributed by atoms with E-state index in [1.54, 1.807) is 24.3 Å². The molecule has 1 unspecified atom stereocenters. The summed E-state index contributed by atoms with van der Waals surface area (Å²) in [5.41, 5.74) is 0.00657. The Morgan fingerprint density at radius 2 is 1.91 bits per heavy atom. The van der Waals surface area contributed by atoms with Crippen molar-refractivity contribution in [3.63, 3.8) is 0 Å². The number of fused-ring (bicyclic) bond motifs is 1. The molecule has 0 saturated heterocycles. The third-order valence-electron chi connectivity index (χ3n) is 4.71. The van der Waals surface area contributed by atoms with Gasteiger partial charge in [-0.2, -0.15) is 0 Å². The van der Waals surface area contributed by atoms with Gasteiger partial charge in [-0.1, -0.05) is 31.2 Å². The number of nitrogens with one attached hydrogen (secondary N) is 1. The fraction of sp³-hybridized carbons (Fsp3) is 0.304. The van der Waals surface area contributed by atoms with Gasteiger partial charge in [0.1, 0.15) is 16.7 Å². The van der Waals surface area contributed by atoms with Crippen LogP contribution in [0.25, 0.3) is 10.1 Å². The van der Waals surface area contributed by atoms with E-state index in [0.717, 1.165) is 11.3 Å². The van der Waals surface area contributed by atoms with Crippen LogP contribution in [0.5, 0.6) is 5.75 Å². The number of para-hydroxylation sites is 1. The first-order valence-electron chi connectivity index (χ1n) is 10.5. The van der Waals surface area contributed by atoms with Gasteiger partial charge in [0.2, 0.25) is 5.91 Å². The van der Waals surface area contributed by atoms with Crippen LogP contribution in [-0.4, -0.2) is 43.4 Å². The maximum atomic E-state index is 15.9. The average Bonchev–Trinajstić information content (AvgIpc) is 3.26. The van der Waals surface area contributed by atoms with E-state index in [4.69, 9.17) is 14.0 Å². The number of benzene rings is 2. The van der Waals surface area contributed by atoms with Crippen molar-refractivity contribution in [2.75, 3.05) is 20.3 Å². The molecule has 3 rings (SSSR count). The number of alkyl halides is 1. The minimum absolute atomic E-state index is 0.00657. The first-order valence-corrected chi connectivity index (χ1v) is 13.0. The molecule has 3 atom stereocenters. The first-order chi connectivity index (χ1) is 16.3. The number of carbonyl (C=O) groups excluding carboxylic acids is 1. The van der Waals surface area contributed by atoms with Gasteiger partial charge in [0.15, 0.2) is 0 Å². The number of carboxylic acids is 1. The number of carbonyl (C=O) groups is 2. The summed E-state index contributed by atoms with van der Waals surface area (Å²) in [6.45, 7) is 1.75. The van der Waals surface area contributed by atoms with Crippen molar-refractivity contribution in [3.8, 4) is 5.75 Å². The Morgan fingerprint density at radius 3 is 2.56 bits per heavy atom. The lowest BCUT2D eigenvalue weighted by Gasteiger charge is -2.27. The molecule has 182 valence electrons. The van der Waals surface area contributed by atoms with Gasteiger partial charge >= 0.3 is 19.5 Å². The molecule has 0 aliphatic heterocycles. The molecule has 0 aliphatic carbocycles. The van der Waals surface area contributed by atoms with Crippen LogP contribution in [0.4, 0.5) is 4.39 Å². The molecule has 2 aromatic carbocycles. The summed E-state index contributed by atoms with van der Waals surface area (Å²) in [6.07, 6.45) is 0.578. The predicted octanol–water partition coefficient (Wildman–Crippen LogP) is 5.40. The lowest BCUT2D eigenvalue weighted by Crippen LogP contribution is -2.41. The Labute approximate surface area is 200 Å². The Morgan fingerprint density at radius 1 is 1.18 bits per heavy atom. The molecule has 2 N–H and O–H groups in total. The third kappa shape index (κ3) is 6.21. The summed E-state index contributed by atoms with van der Waals surface area (Å²) in [7, 11) is -3.08. The molecule has 0 amide bonds. The molecule has 0 spiro atoms. The van der Waals surface area contributed by atoms with Crippen molar-refractivity contribution in [1.29, 1.82) is 0 Å². The summed E-state index contributed by atoms with van der Waals surface area (Å²) in [5.74, 6) is -3.87. The Bertz CT molecular complexity index is 1190. The van der Waals surface area contributed by atoms with Crippen molar-refractivity contribution in [2.45, 2.75) is 25.3 Å². The molecule has 3 aromatic rings. The van der Waals surface area contributed by atoms with Gasteiger partial charge in [-0.05, 0) is 47.7 Å². The number of carboxylic acid groups (broad SMARTS) is 1. The lowest BCUT2D eigenvalue weighted by molar-refractivity contribution is -0.147. The van der Waals surface area contributed by atoms with Crippen LogP contribution in [0.1, 0.15) is 34.5 Å². The van der Waals surface area contributed by atoms with Crippen LogP contribution in [0.3, 0.4) is 0 Å². The van der Waals surface area contributed by atoms with Gasteiger partial charge in [0.25, 0.3) is 0 Å². The zero-order valence-electron chi connectivity index (χ0n) is 18.6. The second-order valence-corrected chi connectivity index (χ2v) is 10.5. The van der Waals surface area contributed by atoms with Crippen LogP contribution >= 0.6 is 18.9 Å². The maximum Gasteiger partial charge on any atom is 0.355 e. The van der Waals surface area contributed by atoms with Crippen LogP contribution in [0.2, 0.25) is 0 Å². The SMILES string of the molecule is CCCOC(=O)[C@H](COC)NP(=O)(Oc1ccccc1)[C@@H](F)c1ccc2sc(C(=O)O)cc2c1. The molecular formula is C23H25FNO7PS. The Hall–Kier alpha value is -2.78. The molecule has 1 heterocycles. The minimum atomic E-state index is -4.43. The van der Waals surface area contributed by atoms with Crippen LogP contribution < -0.4 is 9.61 Å². The van der Waals surface area contributed by atoms with E-state index in [-0.39, 0.29) is 29.4 Å². The number of hydrogen-bond donors (Lipinski definition) is 2. The largest absolute Gasteiger partial charge is 0.477 e. The van der Waals surface area contributed by atoms with E-state index < -0.39 is 31.4 Å². The van der Waals surface area contributed by atoms with Crippen LogP contribution in [-0.2, 0) is 18.8 Å². The fourth-order valence-electron chi connectivity index (χ4n) is 3.13. The summed E-state index contributed by atoms with van der Waals surface area (Å²) >= 11 is 1.05. The molecule has 0 aliphatic rings. The zero-order chi connectivity index (χ0) is 24.7. The van der Waals surface area contributed by atoms with Crippen molar-refractivity contribution in [1.82, 2.24) is 5.09 Å². The fourth-order valence-corrected chi connectivity index (χ4v) is 5.89. The summed E-state index contributed by atoms with van der Waals surface area (Å²) in [6, 6.07) is 12.6. The van der Waals surface area contributed by atoms with Crippen LogP contribution in [0, 0.1) is 0 Å². The summed E-state index contributed by atoms with van der Waals surface area (Å²) in [4.78, 5) is 23.9. The number of ether oxygens (including phenoxy) is 2. The highest BCUT2D eigenvalue weighted by molar-refractivity contribution is 7.57. The van der Waals surface area contributed by atoms with Crippen molar-refractivity contribution >= 4 is 40.9 Å². The predicted molar refractivity (Wildman–Crippen MR) is 127 cm³/mol. The van der Waals surface area contributed by atoms with E-state index in [9.17, 15) is 19.3 Å². The van der Waals surface area contributed by atoms with E-state index in [2.05, 4.69) is 5.09 Å². The van der Waals surface area contributed by atoms with Gasteiger partial charge < -0.3 is 19.1 Å². The molecule has 1 aromatic heterocycles. The van der Waals surface area contributed by atoms with Gasteiger partial charge in [0, 0.05) is 11.8 Å². The van der Waals surface area contributed by atoms with E-state index in [0.29, 0.717) is 16.5 Å². The first kappa shape index (κ1) is 25.8. The van der Waals surface area contributed by atoms with Gasteiger partial charge in [-0.25, -0.2) is 14.3 Å². The summed E-state index contributed by atoms with van der Waals surface area (Å²) < 4.78 is 46.3. The molecule has 0 bridgehead atoms. The number of thiophene rings is 1. The molecule has 0 fully saturated rings. The highest BCUT2D eigenvalue weighted by Gasteiger charge is 2.42. The number of rotatable bonds is 12.